The summed E-state index contributed by atoms with van der Waals surface area (Å²) in [6.45, 7) is 1.80. The molecule has 0 bridgehead atoms. The van der Waals surface area contributed by atoms with Crippen molar-refractivity contribution < 1.29 is 8.42 Å². The van der Waals surface area contributed by atoms with Crippen molar-refractivity contribution in [1.29, 1.82) is 0 Å². The summed E-state index contributed by atoms with van der Waals surface area (Å²) in [4.78, 5) is 3.79. The summed E-state index contributed by atoms with van der Waals surface area (Å²) >= 11 is 5.80. The fraction of sp³-hybridized carbons (Fsp3) is 0.545. The summed E-state index contributed by atoms with van der Waals surface area (Å²) < 4.78 is 26.4. The Morgan fingerprint density at radius 3 is 2.95 bits per heavy atom. The number of nitrogen functional groups attached to an aromatic ring is 1. The Kier molecular flexibility index (Phi) is 6.03. The van der Waals surface area contributed by atoms with Crippen LogP contribution in [0.25, 0.3) is 0 Å². The average Bonchev–Trinajstić information content (AvgIpc) is 2.82. The fourth-order valence-corrected chi connectivity index (χ4v) is 4.09. The van der Waals surface area contributed by atoms with Crippen LogP contribution in [0.15, 0.2) is 17.2 Å². The van der Waals surface area contributed by atoms with Crippen LogP contribution in [0.1, 0.15) is 6.42 Å². The monoisotopic (exact) mass is 340 g/mol. The maximum Gasteiger partial charge on any atom is 0.246 e. The molecule has 9 heteroatoms. The van der Waals surface area contributed by atoms with Crippen molar-refractivity contribution in [2.24, 2.45) is 5.92 Å². The topological polar surface area (TPSA) is 88.3 Å². The molecule has 1 unspecified atom stereocenters. The number of pyridine rings is 1. The van der Waals surface area contributed by atoms with Crippen molar-refractivity contribution in [3.63, 3.8) is 0 Å². The summed E-state index contributed by atoms with van der Waals surface area (Å²) in [6, 6.07) is 1.35. The lowest BCUT2D eigenvalue weighted by molar-refractivity contribution is 0.451. The van der Waals surface area contributed by atoms with Crippen molar-refractivity contribution in [2.75, 3.05) is 32.4 Å². The lowest BCUT2D eigenvalue weighted by Crippen LogP contribution is -2.31. The number of aromatic nitrogens is 1. The molecule has 20 heavy (non-hydrogen) atoms. The minimum atomic E-state index is -3.61. The molecule has 0 aromatic carbocycles. The highest BCUT2D eigenvalue weighted by atomic mass is 35.5. The first-order valence-electron chi connectivity index (χ1n) is 6.01. The minimum absolute atomic E-state index is 0. The van der Waals surface area contributed by atoms with E-state index in [0.29, 0.717) is 19.0 Å². The van der Waals surface area contributed by atoms with Crippen molar-refractivity contribution in [3.8, 4) is 0 Å². The normalized spacial score (nSPS) is 19.8. The van der Waals surface area contributed by atoms with E-state index in [2.05, 4.69) is 10.3 Å². The highest BCUT2D eigenvalue weighted by Crippen LogP contribution is 2.28. The predicted octanol–water partition coefficient (Wildman–Crippen LogP) is 0.969. The van der Waals surface area contributed by atoms with E-state index in [1.54, 1.807) is 0 Å². The van der Waals surface area contributed by atoms with Gasteiger partial charge in [-0.3, -0.25) is 0 Å². The van der Waals surface area contributed by atoms with Crippen LogP contribution in [-0.2, 0) is 10.0 Å². The Morgan fingerprint density at radius 1 is 1.60 bits per heavy atom. The second-order valence-electron chi connectivity index (χ2n) is 4.61. The number of sulfonamides is 1. The third-order valence-electron chi connectivity index (χ3n) is 3.21. The Morgan fingerprint density at radius 2 is 2.30 bits per heavy atom. The first-order valence-corrected chi connectivity index (χ1v) is 7.82. The second kappa shape index (κ2) is 6.91. The number of anilines is 1. The molecule has 0 saturated carbocycles. The molecule has 1 fully saturated rings. The average molecular weight is 341 g/mol. The quantitative estimate of drug-likeness (QED) is 0.852. The Labute approximate surface area is 130 Å². The molecule has 1 aromatic rings. The molecule has 1 aliphatic heterocycles. The highest BCUT2D eigenvalue weighted by molar-refractivity contribution is 7.89. The van der Waals surface area contributed by atoms with Gasteiger partial charge in [-0.2, -0.15) is 4.31 Å². The smallest absolute Gasteiger partial charge is 0.246 e. The first-order chi connectivity index (χ1) is 8.95. The van der Waals surface area contributed by atoms with E-state index < -0.39 is 10.0 Å². The van der Waals surface area contributed by atoms with E-state index >= 15 is 0 Å². The molecule has 1 saturated heterocycles. The van der Waals surface area contributed by atoms with Gasteiger partial charge in [0.2, 0.25) is 10.0 Å². The molecular weight excluding hydrogens is 323 g/mol. The molecule has 2 rings (SSSR count). The Hall–Kier alpha value is -0.600. The number of nitrogens with one attached hydrogen (secondary N) is 1. The van der Waals surface area contributed by atoms with Gasteiger partial charge in [-0.05, 0) is 32.0 Å². The van der Waals surface area contributed by atoms with Crippen molar-refractivity contribution in [1.82, 2.24) is 14.6 Å². The van der Waals surface area contributed by atoms with E-state index in [0.717, 1.165) is 13.0 Å². The van der Waals surface area contributed by atoms with Crippen LogP contribution >= 0.6 is 24.0 Å². The molecule has 0 radical (unpaired) electrons. The maximum absolute atomic E-state index is 12.5. The van der Waals surface area contributed by atoms with E-state index in [1.165, 1.54) is 16.6 Å². The number of rotatable bonds is 4. The van der Waals surface area contributed by atoms with Gasteiger partial charge < -0.3 is 11.1 Å². The molecule has 3 N–H and O–H groups in total. The minimum Gasteiger partial charge on any atom is -0.383 e. The number of nitrogens with two attached hydrogens (primary N) is 1. The van der Waals surface area contributed by atoms with E-state index in [4.69, 9.17) is 17.3 Å². The molecule has 1 aromatic heterocycles. The molecule has 1 aliphatic rings. The second-order valence-corrected chi connectivity index (χ2v) is 6.96. The van der Waals surface area contributed by atoms with Gasteiger partial charge in [0.1, 0.15) is 10.7 Å². The maximum atomic E-state index is 12.5. The summed E-state index contributed by atoms with van der Waals surface area (Å²) in [7, 11) is -1.75. The van der Waals surface area contributed by atoms with E-state index in [9.17, 15) is 8.42 Å². The van der Waals surface area contributed by atoms with E-state index in [1.807, 2.05) is 7.05 Å². The van der Waals surface area contributed by atoms with Gasteiger partial charge in [0, 0.05) is 19.3 Å². The van der Waals surface area contributed by atoms with Crippen molar-refractivity contribution in [2.45, 2.75) is 11.3 Å². The lowest BCUT2D eigenvalue weighted by Gasteiger charge is -2.17. The summed E-state index contributed by atoms with van der Waals surface area (Å²) in [6.07, 6.45) is 2.18. The SMILES string of the molecule is CNCC1CCN(S(=O)(=O)c2cc(Cl)cnc2N)C1.Cl. The summed E-state index contributed by atoms with van der Waals surface area (Å²) in [5.41, 5.74) is 5.65. The summed E-state index contributed by atoms with van der Waals surface area (Å²) in [5.74, 6) is 0.314. The Balaban J connectivity index is 0.00000200. The zero-order chi connectivity index (χ0) is 14.0. The molecule has 1 atom stereocenters. The molecular formula is C11H18Cl2N4O2S. The van der Waals surface area contributed by atoms with Gasteiger partial charge in [0.15, 0.2) is 0 Å². The molecule has 0 amide bonds. The zero-order valence-electron chi connectivity index (χ0n) is 11.0. The fourth-order valence-electron chi connectivity index (χ4n) is 2.25. The van der Waals surface area contributed by atoms with Crippen LogP contribution in [0.3, 0.4) is 0 Å². The van der Waals surface area contributed by atoms with Crippen LogP contribution in [0.2, 0.25) is 5.02 Å². The first kappa shape index (κ1) is 17.5. The third-order valence-corrected chi connectivity index (χ3v) is 5.31. The van der Waals surface area contributed by atoms with Gasteiger partial charge in [-0.25, -0.2) is 13.4 Å². The third kappa shape index (κ3) is 3.53. The van der Waals surface area contributed by atoms with Gasteiger partial charge in [-0.15, -0.1) is 12.4 Å². The molecule has 2 heterocycles. The number of hydrogen-bond donors (Lipinski definition) is 2. The van der Waals surface area contributed by atoms with Crippen LogP contribution in [0.4, 0.5) is 5.82 Å². The van der Waals surface area contributed by atoms with E-state index in [-0.39, 0.29) is 28.1 Å². The number of halogens is 2. The largest absolute Gasteiger partial charge is 0.383 e. The predicted molar refractivity (Wildman–Crippen MR) is 81.7 cm³/mol. The molecule has 114 valence electrons. The molecule has 0 spiro atoms. The lowest BCUT2D eigenvalue weighted by atomic mass is 10.1. The summed E-state index contributed by atoms with van der Waals surface area (Å²) in [5, 5.41) is 3.32. The van der Waals surface area contributed by atoms with Gasteiger partial charge >= 0.3 is 0 Å². The number of hydrogen-bond acceptors (Lipinski definition) is 5. The number of nitrogens with zero attached hydrogens (tertiary/aromatic N) is 2. The van der Waals surface area contributed by atoms with Gasteiger partial charge in [0.25, 0.3) is 0 Å². The molecule has 6 nitrogen and oxygen atoms in total. The van der Waals surface area contributed by atoms with Crippen LogP contribution < -0.4 is 11.1 Å². The van der Waals surface area contributed by atoms with Gasteiger partial charge in [-0.1, -0.05) is 11.6 Å². The van der Waals surface area contributed by atoms with Gasteiger partial charge in [0.05, 0.1) is 5.02 Å². The van der Waals surface area contributed by atoms with Crippen LogP contribution in [0, 0.1) is 5.92 Å². The van der Waals surface area contributed by atoms with Crippen molar-refractivity contribution >= 4 is 39.8 Å². The molecule has 0 aliphatic carbocycles. The zero-order valence-corrected chi connectivity index (χ0v) is 13.4. The Bertz CT molecular complexity index is 568. The standard InChI is InChI=1S/C11H17ClN4O2S.ClH/c1-14-5-8-2-3-16(7-8)19(17,18)10-4-9(12)6-15-11(10)13;/h4,6,8,14H,2-3,5,7H2,1H3,(H2,13,15);1H. The highest BCUT2D eigenvalue weighted by Gasteiger charge is 2.33. The van der Waals surface area contributed by atoms with Crippen LogP contribution in [-0.4, -0.2) is 44.4 Å². The van der Waals surface area contributed by atoms with Crippen molar-refractivity contribution in [3.05, 3.63) is 17.3 Å². The van der Waals surface area contributed by atoms with Crippen LogP contribution in [0.5, 0.6) is 0 Å².